The molecule has 1 atom stereocenters. The Balaban J connectivity index is 2.25. The van der Waals surface area contributed by atoms with Crippen LogP contribution in [-0.4, -0.2) is 33.6 Å². The maximum atomic E-state index is 12.1. The van der Waals surface area contributed by atoms with Crippen molar-refractivity contribution in [1.82, 2.24) is 0 Å². The molecular weight excluding hydrogens is 288 g/mol. The minimum Gasteiger partial charge on any atom is -0.398 e. The molecule has 1 fully saturated rings. The number of rotatable bonds is 3. The van der Waals surface area contributed by atoms with E-state index in [-0.39, 0.29) is 17.9 Å². The first kappa shape index (κ1) is 14.1. The predicted molar refractivity (Wildman–Crippen MR) is 75.2 cm³/mol. The van der Waals surface area contributed by atoms with Crippen molar-refractivity contribution in [3.63, 3.8) is 0 Å². The van der Waals surface area contributed by atoms with Gasteiger partial charge in [-0.2, -0.15) is 0 Å². The fourth-order valence-electron chi connectivity index (χ4n) is 2.01. The molecule has 106 valence electrons. The molecule has 0 aromatic heterocycles. The molecule has 0 spiro atoms. The molecule has 1 aromatic carbocycles. The molecule has 0 radical (unpaired) electrons. The molecule has 3 N–H and O–H groups in total. The van der Waals surface area contributed by atoms with Crippen LogP contribution in [-0.2, 0) is 19.9 Å². The Labute approximate surface area is 113 Å². The number of nitrogens with one attached hydrogen (secondary N) is 1. The van der Waals surface area contributed by atoms with Crippen LogP contribution >= 0.6 is 0 Å². The van der Waals surface area contributed by atoms with Crippen LogP contribution in [0.15, 0.2) is 18.2 Å². The lowest BCUT2D eigenvalue weighted by molar-refractivity contribution is 0.587. The van der Waals surface area contributed by atoms with Gasteiger partial charge in [0.05, 0.1) is 22.4 Å². The maximum Gasteiger partial charge on any atom is 0.236 e. The summed E-state index contributed by atoms with van der Waals surface area (Å²) in [5, 5.41) is -0.890. The molecule has 6 nitrogen and oxygen atoms in total. The number of benzene rings is 1. The molecule has 0 aliphatic carbocycles. The smallest absolute Gasteiger partial charge is 0.236 e. The first-order valence-corrected chi connectivity index (χ1v) is 9.15. The zero-order chi connectivity index (χ0) is 14.3. The number of hydrogen-bond donors (Lipinski definition) is 2. The summed E-state index contributed by atoms with van der Waals surface area (Å²) in [5.41, 5.74) is 7.22. The monoisotopic (exact) mass is 304 g/mol. The van der Waals surface area contributed by atoms with Gasteiger partial charge in [0.2, 0.25) is 10.0 Å². The lowest BCUT2D eigenvalue weighted by Crippen LogP contribution is -2.29. The van der Waals surface area contributed by atoms with Crippen molar-refractivity contribution in [1.29, 1.82) is 0 Å². The van der Waals surface area contributed by atoms with Crippen molar-refractivity contribution in [3.05, 3.63) is 23.8 Å². The van der Waals surface area contributed by atoms with Crippen molar-refractivity contribution >= 4 is 31.2 Å². The highest BCUT2D eigenvalue weighted by molar-refractivity contribution is 7.97. The quantitative estimate of drug-likeness (QED) is 0.791. The molecule has 1 saturated heterocycles. The minimum atomic E-state index is -3.71. The molecule has 0 saturated carbocycles. The van der Waals surface area contributed by atoms with E-state index in [9.17, 15) is 16.8 Å². The van der Waals surface area contributed by atoms with Gasteiger partial charge in [0, 0.05) is 5.69 Å². The minimum absolute atomic E-state index is 0.0749. The Hall–Kier alpha value is -1.28. The van der Waals surface area contributed by atoms with E-state index in [0.717, 1.165) is 0 Å². The molecule has 1 aliphatic rings. The molecule has 0 bridgehead atoms. The number of hydrogen-bond acceptors (Lipinski definition) is 5. The highest BCUT2D eigenvalue weighted by Crippen LogP contribution is 2.25. The van der Waals surface area contributed by atoms with Gasteiger partial charge in [-0.1, -0.05) is 6.07 Å². The van der Waals surface area contributed by atoms with Crippen LogP contribution in [0.4, 0.5) is 11.4 Å². The number of sulfonamides is 1. The summed E-state index contributed by atoms with van der Waals surface area (Å²) in [6.07, 6.45) is 0.138. The van der Waals surface area contributed by atoms with Gasteiger partial charge in [-0.3, -0.25) is 4.72 Å². The van der Waals surface area contributed by atoms with Crippen LogP contribution in [0.2, 0.25) is 0 Å². The molecule has 1 aromatic rings. The van der Waals surface area contributed by atoms with E-state index in [0.29, 0.717) is 16.9 Å². The van der Waals surface area contributed by atoms with Crippen LogP contribution in [0.1, 0.15) is 12.0 Å². The summed E-state index contributed by atoms with van der Waals surface area (Å²) < 4.78 is 49.4. The molecule has 1 unspecified atom stereocenters. The number of sulfone groups is 1. The van der Waals surface area contributed by atoms with Crippen molar-refractivity contribution in [2.75, 3.05) is 22.0 Å². The highest BCUT2D eigenvalue weighted by Gasteiger charge is 2.37. The lowest BCUT2D eigenvalue weighted by Gasteiger charge is -2.15. The summed E-state index contributed by atoms with van der Waals surface area (Å²) in [6, 6.07) is 4.92. The van der Waals surface area contributed by atoms with Crippen LogP contribution < -0.4 is 10.5 Å². The second kappa shape index (κ2) is 4.68. The highest BCUT2D eigenvalue weighted by atomic mass is 32.2. The van der Waals surface area contributed by atoms with E-state index >= 15 is 0 Å². The number of anilines is 2. The third kappa shape index (κ3) is 3.01. The summed E-state index contributed by atoms with van der Waals surface area (Å²) in [7, 11) is -6.94. The second-order valence-corrected chi connectivity index (χ2v) is 8.88. The molecular formula is C11H16N2O4S2. The molecule has 1 heterocycles. The summed E-state index contributed by atoms with van der Waals surface area (Å²) in [5.74, 6) is -0.391. The zero-order valence-corrected chi connectivity index (χ0v) is 12.1. The maximum absolute atomic E-state index is 12.1. The summed E-state index contributed by atoms with van der Waals surface area (Å²) in [4.78, 5) is 0. The first-order valence-electron chi connectivity index (χ1n) is 5.78. The van der Waals surface area contributed by atoms with E-state index in [2.05, 4.69) is 4.72 Å². The van der Waals surface area contributed by atoms with E-state index < -0.39 is 25.1 Å². The third-order valence-electron chi connectivity index (χ3n) is 3.26. The van der Waals surface area contributed by atoms with Crippen molar-refractivity contribution in [2.24, 2.45) is 0 Å². The van der Waals surface area contributed by atoms with Crippen molar-refractivity contribution in [2.45, 2.75) is 18.6 Å². The van der Waals surface area contributed by atoms with Gasteiger partial charge in [-0.15, -0.1) is 0 Å². The van der Waals surface area contributed by atoms with Gasteiger partial charge in [0.25, 0.3) is 0 Å². The fourth-order valence-corrected chi connectivity index (χ4v) is 6.16. The van der Waals surface area contributed by atoms with E-state index in [1.807, 2.05) is 0 Å². The van der Waals surface area contributed by atoms with Gasteiger partial charge < -0.3 is 5.73 Å². The Morgan fingerprint density at radius 1 is 1.37 bits per heavy atom. The van der Waals surface area contributed by atoms with Crippen LogP contribution in [0.25, 0.3) is 0 Å². The van der Waals surface area contributed by atoms with E-state index in [1.165, 1.54) is 0 Å². The van der Waals surface area contributed by atoms with Gasteiger partial charge in [0.1, 0.15) is 0 Å². The Morgan fingerprint density at radius 3 is 2.63 bits per heavy atom. The van der Waals surface area contributed by atoms with Gasteiger partial charge >= 0.3 is 0 Å². The fraction of sp³-hybridized carbons (Fsp3) is 0.455. The average Bonchev–Trinajstić information content (AvgIpc) is 2.66. The first-order chi connectivity index (χ1) is 8.71. The number of nitrogens with two attached hydrogens (primary N) is 1. The average molecular weight is 304 g/mol. The Kier molecular flexibility index (Phi) is 3.48. The van der Waals surface area contributed by atoms with E-state index in [1.54, 1.807) is 25.1 Å². The summed E-state index contributed by atoms with van der Waals surface area (Å²) in [6.45, 7) is 1.71. The van der Waals surface area contributed by atoms with Gasteiger partial charge in [-0.25, -0.2) is 16.8 Å². The Morgan fingerprint density at radius 2 is 2.05 bits per heavy atom. The topological polar surface area (TPSA) is 106 Å². The van der Waals surface area contributed by atoms with Crippen LogP contribution in [0, 0.1) is 6.92 Å². The standard InChI is InChI=1S/C11H16N2O4S2/c1-8-10(12)3-2-4-11(8)13-19(16,17)9-5-6-18(14,15)7-9/h2-4,9,13H,5-7,12H2,1H3. The van der Waals surface area contributed by atoms with Crippen molar-refractivity contribution < 1.29 is 16.8 Å². The van der Waals surface area contributed by atoms with Crippen molar-refractivity contribution in [3.8, 4) is 0 Å². The number of nitrogen functional groups attached to an aromatic ring is 1. The normalized spacial score (nSPS) is 22.3. The van der Waals surface area contributed by atoms with E-state index in [4.69, 9.17) is 5.73 Å². The predicted octanol–water partition coefficient (Wildman–Crippen LogP) is 0.506. The second-order valence-electron chi connectivity index (χ2n) is 4.69. The largest absolute Gasteiger partial charge is 0.398 e. The molecule has 8 heteroatoms. The molecule has 2 rings (SSSR count). The molecule has 1 aliphatic heterocycles. The molecule has 0 amide bonds. The summed E-state index contributed by atoms with van der Waals surface area (Å²) >= 11 is 0. The lowest BCUT2D eigenvalue weighted by atomic mass is 10.2. The zero-order valence-electron chi connectivity index (χ0n) is 10.5. The Bertz CT molecular complexity index is 695. The van der Waals surface area contributed by atoms with Gasteiger partial charge in [0.15, 0.2) is 9.84 Å². The van der Waals surface area contributed by atoms with Crippen LogP contribution in [0.3, 0.4) is 0 Å². The SMILES string of the molecule is Cc1c(N)cccc1NS(=O)(=O)C1CCS(=O)(=O)C1. The third-order valence-corrected chi connectivity index (χ3v) is 7.02. The molecule has 19 heavy (non-hydrogen) atoms. The van der Waals surface area contributed by atoms with Gasteiger partial charge in [-0.05, 0) is 31.0 Å². The van der Waals surface area contributed by atoms with Crippen LogP contribution in [0.5, 0.6) is 0 Å².